The first-order valence-electron chi connectivity index (χ1n) is 7.81. The Balaban J connectivity index is 1.80. The maximum absolute atomic E-state index is 11.7. The SMILES string of the molecule is CCCC1(C(=O)O)CCN(C2CCc3cc(Br)ccc32)C1. The van der Waals surface area contributed by atoms with Crippen LogP contribution in [-0.4, -0.2) is 29.1 Å². The van der Waals surface area contributed by atoms with Crippen molar-refractivity contribution >= 4 is 21.9 Å². The third kappa shape index (κ3) is 2.64. The number of hydrogen-bond acceptors (Lipinski definition) is 2. The average molecular weight is 352 g/mol. The molecule has 114 valence electrons. The summed E-state index contributed by atoms with van der Waals surface area (Å²) in [7, 11) is 0. The normalized spacial score (nSPS) is 28.8. The minimum atomic E-state index is -0.610. The van der Waals surface area contributed by atoms with Crippen LogP contribution in [-0.2, 0) is 11.2 Å². The van der Waals surface area contributed by atoms with Crippen LogP contribution in [0.2, 0.25) is 0 Å². The Morgan fingerprint density at radius 2 is 2.33 bits per heavy atom. The zero-order chi connectivity index (χ0) is 15.0. The van der Waals surface area contributed by atoms with E-state index in [9.17, 15) is 9.90 Å². The summed E-state index contributed by atoms with van der Waals surface area (Å²) in [5.74, 6) is -0.610. The van der Waals surface area contributed by atoms with Crippen molar-refractivity contribution in [3.8, 4) is 0 Å². The maximum atomic E-state index is 11.7. The predicted octanol–water partition coefficient (Wildman–Crippen LogP) is 4.01. The van der Waals surface area contributed by atoms with E-state index in [-0.39, 0.29) is 0 Å². The van der Waals surface area contributed by atoms with Gasteiger partial charge < -0.3 is 5.11 Å². The van der Waals surface area contributed by atoms with Gasteiger partial charge >= 0.3 is 5.97 Å². The summed E-state index contributed by atoms with van der Waals surface area (Å²) in [4.78, 5) is 14.1. The predicted molar refractivity (Wildman–Crippen MR) is 86.4 cm³/mol. The summed E-state index contributed by atoms with van der Waals surface area (Å²) >= 11 is 3.53. The summed E-state index contributed by atoms with van der Waals surface area (Å²) in [5, 5.41) is 9.65. The van der Waals surface area contributed by atoms with E-state index in [4.69, 9.17) is 0 Å². The fourth-order valence-electron chi connectivity index (χ4n) is 4.08. The number of aliphatic carboxylic acids is 1. The first-order valence-corrected chi connectivity index (χ1v) is 8.61. The molecule has 3 nitrogen and oxygen atoms in total. The van der Waals surface area contributed by atoms with E-state index in [1.807, 2.05) is 0 Å². The Labute approximate surface area is 134 Å². The molecule has 0 saturated carbocycles. The lowest BCUT2D eigenvalue weighted by Gasteiger charge is -2.28. The number of hydrogen-bond donors (Lipinski definition) is 1. The number of carboxylic acids is 1. The Bertz CT molecular complexity index is 560. The van der Waals surface area contributed by atoms with E-state index < -0.39 is 11.4 Å². The summed E-state index contributed by atoms with van der Waals surface area (Å²) in [6.45, 7) is 3.69. The minimum absolute atomic E-state index is 0.409. The zero-order valence-electron chi connectivity index (χ0n) is 12.4. The molecule has 0 bridgehead atoms. The van der Waals surface area contributed by atoms with Gasteiger partial charge in [-0.2, -0.15) is 0 Å². The zero-order valence-corrected chi connectivity index (χ0v) is 14.0. The van der Waals surface area contributed by atoms with Gasteiger partial charge in [0.25, 0.3) is 0 Å². The van der Waals surface area contributed by atoms with Crippen LogP contribution in [0.15, 0.2) is 22.7 Å². The van der Waals surface area contributed by atoms with Gasteiger partial charge in [-0.1, -0.05) is 35.3 Å². The van der Waals surface area contributed by atoms with E-state index in [1.165, 1.54) is 11.1 Å². The van der Waals surface area contributed by atoms with Crippen LogP contribution in [0.1, 0.15) is 49.8 Å². The molecule has 1 heterocycles. The summed E-state index contributed by atoms with van der Waals surface area (Å²) in [6.07, 6.45) is 4.74. The molecule has 2 aliphatic rings. The lowest BCUT2D eigenvalue weighted by Crippen LogP contribution is -2.35. The Hall–Kier alpha value is -0.870. The van der Waals surface area contributed by atoms with E-state index in [2.05, 4.69) is 46.0 Å². The molecule has 1 aliphatic carbocycles. The average Bonchev–Trinajstić information content (AvgIpc) is 3.03. The fraction of sp³-hybridized carbons (Fsp3) is 0.588. The first-order chi connectivity index (χ1) is 10.1. The van der Waals surface area contributed by atoms with Crippen molar-refractivity contribution in [3.05, 3.63) is 33.8 Å². The van der Waals surface area contributed by atoms with E-state index in [1.54, 1.807) is 0 Å². The molecular formula is C17H22BrNO2. The number of likely N-dealkylation sites (tertiary alicyclic amines) is 1. The molecule has 21 heavy (non-hydrogen) atoms. The van der Waals surface area contributed by atoms with Crippen LogP contribution in [0.5, 0.6) is 0 Å². The minimum Gasteiger partial charge on any atom is -0.481 e. The molecule has 1 N–H and O–H groups in total. The van der Waals surface area contributed by atoms with Crippen LogP contribution in [0.4, 0.5) is 0 Å². The smallest absolute Gasteiger partial charge is 0.310 e. The van der Waals surface area contributed by atoms with Gasteiger partial charge in [0.15, 0.2) is 0 Å². The number of benzene rings is 1. The molecule has 2 atom stereocenters. The summed E-state index contributed by atoms with van der Waals surface area (Å²) < 4.78 is 1.13. The van der Waals surface area contributed by atoms with Crippen molar-refractivity contribution in [2.75, 3.05) is 13.1 Å². The number of aryl methyl sites for hydroxylation is 1. The van der Waals surface area contributed by atoms with Crippen LogP contribution >= 0.6 is 15.9 Å². The second kappa shape index (κ2) is 5.73. The second-order valence-electron chi connectivity index (χ2n) is 6.45. The van der Waals surface area contributed by atoms with Gasteiger partial charge in [0.1, 0.15) is 0 Å². The number of fused-ring (bicyclic) bond motifs is 1. The van der Waals surface area contributed by atoms with Crippen molar-refractivity contribution < 1.29 is 9.90 Å². The van der Waals surface area contributed by atoms with Gasteiger partial charge in [-0.15, -0.1) is 0 Å². The molecular weight excluding hydrogens is 330 g/mol. The van der Waals surface area contributed by atoms with Crippen molar-refractivity contribution in [1.29, 1.82) is 0 Å². The van der Waals surface area contributed by atoms with Gasteiger partial charge in [-0.25, -0.2) is 0 Å². The van der Waals surface area contributed by atoms with Gasteiger partial charge in [0.05, 0.1) is 5.41 Å². The largest absolute Gasteiger partial charge is 0.481 e. The van der Waals surface area contributed by atoms with Crippen molar-refractivity contribution in [2.24, 2.45) is 5.41 Å². The quantitative estimate of drug-likeness (QED) is 0.890. The van der Waals surface area contributed by atoms with Gasteiger partial charge in [-0.05, 0) is 55.5 Å². The molecule has 1 aromatic carbocycles. The lowest BCUT2D eigenvalue weighted by molar-refractivity contribution is -0.148. The number of nitrogens with zero attached hydrogens (tertiary/aromatic N) is 1. The molecule has 4 heteroatoms. The third-order valence-electron chi connectivity index (χ3n) is 5.16. The highest BCUT2D eigenvalue weighted by atomic mass is 79.9. The Morgan fingerprint density at radius 3 is 3.05 bits per heavy atom. The van der Waals surface area contributed by atoms with Crippen molar-refractivity contribution in [3.63, 3.8) is 0 Å². The van der Waals surface area contributed by atoms with E-state index in [0.717, 1.165) is 43.1 Å². The molecule has 1 fully saturated rings. The van der Waals surface area contributed by atoms with Gasteiger partial charge in [0.2, 0.25) is 0 Å². The highest BCUT2D eigenvalue weighted by Gasteiger charge is 2.46. The molecule has 3 rings (SSSR count). The molecule has 0 amide bonds. The molecule has 1 aromatic rings. The standard InChI is InChI=1S/C17H22BrNO2/c1-2-7-17(16(20)21)8-9-19(11-17)15-6-3-12-10-13(18)4-5-14(12)15/h4-5,10,15H,2-3,6-9,11H2,1H3,(H,20,21). The van der Waals surface area contributed by atoms with E-state index >= 15 is 0 Å². The third-order valence-corrected chi connectivity index (χ3v) is 5.65. The molecule has 0 spiro atoms. The molecule has 2 unspecified atom stereocenters. The monoisotopic (exact) mass is 351 g/mol. The number of carbonyl (C=O) groups is 1. The number of carboxylic acid groups (broad SMARTS) is 1. The van der Waals surface area contributed by atoms with Crippen LogP contribution in [0.25, 0.3) is 0 Å². The lowest BCUT2D eigenvalue weighted by atomic mass is 9.82. The van der Waals surface area contributed by atoms with Gasteiger partial charge in [0, 0.05) is 17.1 Å². The fourth-order valence-corrected chi connectivity index (χ4v) is 4.49. The maximum Gasteiger partial charge on any atom is 0.310 e. The topological polar surface area (TPSA) is 40.5 Å². The van der Waals surface area contributed by atoms with Crippen LogP contribution in [0, 0.1) is 5.41 Å². The molecule has 1 saturated heterocycles. The summed E-state index contributed by atoms with van der Waals surface area (Å²) in [5.41, 5.74) is 2.29. The number of rotatable bonds is 4. The van der Waals surface area contributed by atoms with Gasteiger partial charge in [-0.3, -0.25) is 9.69 Å². The first kappa shape index (κ1) is 15.0. The molecule has 1 aliphatic heterocycles. The van der Waals surface area contributed by atoms with Crippen LogP contribution < -0.4 is 0 Å². The highest BCUT2D eigenvalue weighted by Crippen LogP contribution is 2.44. The van der Waals surface area contributed by atoms with Crippen LogP contribution in [0.3, 0.4) is 0 Å². The Kier molecular flexibility index (Phi) is 4.10. The summed E-state index contributed by atoms with van der Waals surface area (Å²) in [6, 6.07) is 6.93. The van der Waals surface area contributed by atoms with E-state index in [0.29, 0.717) is 12.6 Å². The second-order valence-corrected chi connectivity index (χ2v) is 7.37. The Morgan fingerprint density at radius 1 is 1.52 bits per heavy atom. The van der Waals surface area contributed by atoms with Crippen molar-refractivity contribution in [2.45, 2.75) is 45.1 Å². The van der Waals surface area contributed by atoms with Crippen molar-refractivity contribution in [1.82, 2.24) is 4.90 Å². The highest BCUT2D eigenvalue weighted by molar-refractivity contribution is 9.10. The number of halogens is 1. The molecule has 0 radical (unpaired) electrons. The molecule has 0 aromatic heterocycles.